The fraction of sp³-hybridized carbons (Fsp3) is 0.238. The standard InChI is InChI=1S/C21H19N5O2S/c1-11-9-12(2)23-21-16(11)17-18(29-21)20-24-19(25-26(20)10-22-17)13(3)28-15-8-6-5-7-14(15)27-4/h5-10,13H,1-4H3. The van der Waals surface area contributed by atoms with Gasteiger partial charge in [0.1, 0.15) is 15.9 Å². The Morgan fingerprint density at radius 2 is 1.90 bits per heavy atom. The van der Waals surface area contributed by atoms with Gasteiger partial charge in [0.2, 0.25) is 0 Å². The Morgan fingerprint density at radius 3 is 2.69 bits per heavy atom. The molecule has 0 saturated carbocycles. The van der Waals surface area contributed by atoms with Crippen molar-refractivity contribution in [1.29, 1.82) is 0 Å². The van der Waals surface area contributed by atoms with E-state index < -0.39 is 0 Å². The van der Waals surface area contributed by atoms with Crippen LogP contribution >= 0.6 is 11.3 Å². The van der Waals surface area contributed by atoms with Crippen molar-refractivity contribution in [3.63, 3.8) is 0 Å². The van der Waals surface area contributed by atoms with Gasteiger partial charge in [-0.05, 0) is 44.5 Å². The van der Waals surface area contributed by atoms with Crippen LogP contribution in [0.5, 0.6) is 11.5 Å². The van der Waals surface area contributed by atoms with Crippen molar-refractivity contribution in [1.82, 2.24) is 24.6 Å². The number of benzene rings is 1. The van der Waals surface area contributed by atoms with E-state index in [2.05, 4.69) is 28.1 Å². The number of para-hydroxylation sites is 2. The first-order chi connectivity index (χ1) is 14.0. The number of hydrogen-bond donors (Lipinski definition) is 0. The third-order valence-corrected chi connectivity index (χ3v) is 5.91. The number of aromatic nitrogens is 5. The van der Waals surface area contributed by atoms with Gasteiger partial charge >= 0.3 is 0 Å². The summed E-state index contributed by atoms with van der Waals surface area (Å²) < 4.78 is 14.1. The molecule has 146 valence electrons. The number of rotatable bonds is 4. The average molecular weight is 405 g/mol. The minimum absolute atomic E-state index is 0.349. The summed E-state index contributed by atoms with van der Waals surface area (Å²) >= 11 is 1.60. The van der Waals surface area contributed by atoms with E-state index in [1.54, 1.807) is 29.3 Å². The number of hydrogen-bond acceptors (Lipinski definition) is 7. The fourth-order valence-corrected chi connectivity index (χ4v) is 4.74. The number of fused-ring (bicyclic) bond motifs is 5. The minimum Gasteiger partial charge on any atom is -0.493 e. The molecule has 0 bridgehead atoms. The Balaban J connectivity index is 1.61. The predicted molar refractivity (Wildman–Crippen MR) is 113 cm³/mol. The molecule has 7 nitrogen and oxygen atoms in total. The zero-order valence-corrected chi connectivity index (χ0v) is 17.3. The normalized spacial score (nSPS) is 12.7. The van der Waals surface area contributed by atoms with Gasteiger partial charge < -0.3 is 9.47 Å². The van der Waals surface area contributed by atoms with Gasteiger partial charge in [0.25, 0.3) is 0 Å². The van der Waals surface area contributed by atoms with Gasteiger partial charge in [-0.15, -0.1) is 16.4 Å². The molecule has 5 rings (SSSR count). The second-order valence-corrected chi connectivity index (χ2v) is 7.93. The molecule has 0 saturated heterocycles. The van der Waals surface area contributed by atoms with Crippen LogP contribution in [-0.2, 0) is 0 Å². The summed E-state index contributed by atoms with van der Waals surface area (Å²) in [5.74, 6) is 1.92. The zero-order chi connectivity index (χ0) is 20.1. The highest BCUT2D eigenvalue weighted by molar-refractivity contribution is 7.26. The molecule has 5 aromatic rings. The van der Waals surface area contributed by atoms with Gasteiger partial charge in [-0.1, -0.05) is 12.1 Å². The Morgan fingerprint density at radius 1 is 1.10 bits per heavy atom. The van der Waals surface area contributed by atoms with Crippen LogP contribution < -0.4 is 9.47 Å². The molecule has 4 aromatic heterocycles. The summed E-state index contributed by atoms with van der Waals surface area (Å²) in [4.78, 5) is 15.1. The Labute approximate surface area is 171 Å². The van der Waals surface area contributed by atoms with Crippen LogP contribution in [0.2, 0.25) is 0 Å². The average Bonchev–Trinajstić information content (AvgIpc) is 3.29. The summed E-state index contributed by atoms with van der Waals surface area (Å²) in [5.41, 5.74) is 3.85. The van der Waals surface area contributed by atoms with E-state index in [-0.39, 0.29) is 6.10 Å². The van der Waals surface area contributed by atoms with Crippen LogP contribution in [-0.4, -0.2) is 31.7 Å². The van der Waals surface area contributed by atoms with E-state index in [1.807, 2.05) is 38.1 Å². The molecule has 1 atom stereocenters. The van der Waals surface area contributed by atoms with Gasteiger partial charge in [-0.25, -0.2) is 19.5 Å². The SMILES string of the molecule is COc1ccccc1OC(C)c1nc2c3sc4nc(C)cc(C)c4c3ncn2n1. The highest BCUT2D eigenvalue weighted by Gasteiger charge is 2.20. The van der Waals surface area contributed by atoms with E-state index in [9.17, 15) is 0 Å². The molecule has 8 heteroatoms. The van der Waals surface area contributed by atoms with E-state index >= 15 is 0 Å². The maximum absolute atomic E-state index is 6.07. The number of ether oxygens (including phenoxy) is 2. The fourth-order valence-electron chi connectivity index (χ4n) is 3.52. The van der Waals surface area contributed by atoms with Crippen molar-refractivity contribution in [3.8, 4) is 11.5 Å². The first kappa shape index (κ1) is 17.8. The van der Waals surface area contributed by atoms with Crippen molar-refractivity contribution in [2.75, 3.05) is 7.11 Å². The van der Waals surface area contributed by atoms with Gasteiger partial charge in [0.15, 0.2) is 29.1 Å². The number of pyridine rings is 1. The molecule has 0 aliphatic rings. The van der Waals surface area contributed by atoms with Crippen LogP contribution in [0.25, 0.3) is 26.1 Å². The van der Waals surface area contributed by atoms with Crippen LogP contribution in [0.4, 0.5) is 0 Å². The highest BCUT2D eigenvalue weighted by Crippen LogP contribution is 2.36. The molecule has 1 unspecified atom stereocenters. The molecular formula is C21H19N5O2S. The molecule has 0 amide bonds. The summed E-state index contributed by atoms with van der Waals surface area (Å²) in [5, 5.41) is 5.67. The van der Waals surface area contributed by atoms with Crippen LogP contribution in [0.1, 0.15) is 30.1 Å². The lowest BCUT2D eigenvalue weighted by Crippen LogP contribution is -2.06. The maximum Gasteiger partial charge on any atom is 0.192 e. The highest BCUT2D eigenvalue weighted by atomic mass is 32.1. The Kier molecular flexibility index (Phi) is 4.09. The molecule has 1 aromatic carbocycles. The van der Waals surface area contributed by atoms with E-state index in [1.165, 1.54) is 5.56 Å². The molecule has 0 radical (unpaired) electrons. The van der Waals surface area contributed by atoms with E-state index in [0.717, 1.165) is 31.8 Å². The van der Waals surface area contributed by atoms with Crippen molar-refractivity contribution < 1.29 is 9.47 Å². The topological polar surface area (TPSA) is 74.4 Å². The number of nitrogens with zero attached hydrogens (tertiary/aromatic N) is 5. The predicted octanol–water partition coefficient (Wildman–Crippen LogP) is 4.65. The molecule has 0 N–H and O–H groups in total. The first-order valence-corrected chi connectivity index (χ1v) is 10.1. The quantitative estimate of drug-likeness (QED) is 0.433. The van der Waals surface area contributed by atoms with Crippen LogP contribution in [0, 0.1) is 13.8 Å². The molecule has 29 heavy (non-hydrogen) atoms. The third-order valence-electron chi connectivity index (χ3n) is 4.85. The number of thiophene rings is 1. The van der Waals surface area contributed by atoms with Crippen LogP contribution in [0.3, 0.4) is 0 Å². The van der Waals surface area contributed by atoms with Crippen molar-refractivity contribution in [2.24, 2.45) is 0 Å². The van der Waals surface area contributed by atoms with E-state index in [4.69, 9.17) is 14.5 Å². The summed E-state index contributed by atoms with van der Waals surface area (Å²) in [6.07, 6.45) is 1.35. The molecule has 0 fully saturated rings. The smallest absolute Gasteiger partial charge is 0.192 e. The second-order valence-electron chi connectivity index (χ2n) is 6.93. The molecule has 0 aliphatic heterocycles. The lowest BCUT2D eigenvalue weighted by molar-refractivity contribution is 0.206. The maximum atomic E-state index is 6.07. The van der Waals surface area contributed by atoms with Crippen molar-refractivity contribution in [3.05, 3.63) is 53.7 Å². The second kappa shape index (κ2) is 6.66. The van der Waals surface area contributed by atoms with Crippen LogP contribution in [0.15, 0.2) is 36.7 Å². The lowest BCUT2D eigenvalue weighted by Gasteiger charge is -2.14. The molecule has 0 spiro atoms. The molecule has 0 aliphatic carbocycles. The van der Waals surface area contributed by atoms with Crippen molar-refractivity contribution >= 4 is 37.4 Å². The zero-order valence-electron chi connectivity index (χ0n) is 16.5. The lowest BCUT2D eigenvalue weighted by atomic mass is 10.1. The van der Waals surface area contributed by atoms with Gasteiger partial charge in [0, 0.05) is 11.1 Å². The Bertz CT molecular complexity index is 1370. The number of methoxy groups -OCH3 is 1. The summed E-state index contributed by atoms with van der Waals surface area (Å²) in [7, 11) is 1.62. The van der Waals surface area contributed by atoms with Gasteiger partial charge in [0.05, 0.1) is 12.6 Å². The summed E-state index contributed by atoms with van der Waals surface area (Å²) in [6, 6.07) is 9.62. The van der Waals surface area contributed by atoms with Gasteiger partial charge in [-0.3, -0.25) is 0 Å². The Hall–Kier alpha value is -3.26. The summed E-state index contributed by atoms with van der Waals surface area (Å²) in [6.45, 7) is 6.02. The first-order valence-electron chi connectivity index (χ1n) is 9.26. The number of aryl methyl sites for hydroxylation is 2. The molecule has 4 heterocycles. The third kappa shape index (κ3) is 2.87. The largest absolute Gasteiger partial charge is 0.493 e. The minimum atomic E-state index is -0.349. The monoisotopic (exact) mass is 405 g/mol. The van der Waals surface area contributed by atoms with E-state index in [0.29, 0.717) is 17.3 Å². The molecular weight excluding hydrogens is 386 g/mol. The van der Waals surface area contributed by atoms with Crippen molar-refractivity contribution in [2.45, 2.75) is 26.9 Å². The van der Waals surface area contributed by atoms with Gasteiger partial charge in [-0.2, -0.15) is 0 Å².